The predicted octanol–water partition coefficient (Wildman–Crippen LogP) is 2.85. The Morgan fingerprint density at radius 3 is 2.75 bits per heavy atom. The molecular weight excluding hydrogens is 250 g/mol. The monoisotopic (exact) mass is 265 g/mol. The molecule has 0 bridgehead atoms. The number of hydrogen-bond donors (Lipinski definition) is 0. The summed E-state index contributed by atoms with van der Waals surface area (Å²) in [4.78, 5) is 10.9. The Bertz CT molecular complexity index is 756. The van der Waals surface area contributed by atoms with E-state index in [1.807, 2.05) is 29.8 Å². The van der Waals surface area contributed by atoms with E-state index in [1.165, 1.54) is 16.3 Å². The van der Waals surface area contributed by atoms with Crippen LogP contribution in [0.15, 0.2) is 42.5 Å². The normalized spacial score (nSPS) is 10.8. The average molecular weight is 265 g/mol. The van der Waals surface area contributed by atoms with Crippen molar-refractivity contribution in [2.24, 2.45) is 0 Å². The minimum atomic E-state index is 0.438. The van der Waals surface area contributed by atoms with E-state index in [0.29, 0.717) is 12.2 Å². The molecule has 1 heterocycles. The second kappa shape index (κ2) is 5.25. The number of nitrogens with zero attached hydrogens (tertiary/aromatic N) is 3. The Hall–Kier alpha value is -2.49. The van der Waals surface area contributed by atoms with Crippen LogP contribution in [-0.4, -0.2) is 21.3 Å². The van der Waals surface area contributed by atoms with Crippen molar-refractivity contribution < 1.29 is 4.79 Å². The summed E-state index contributed by atoms with van der Waals surface area (Å²) in [6.45, 7) is 2.64. The summed E-state index contributed by atoms with van der Waals surface area (Å²) in [7, 11) is 0. The molecule has 0 fully saturated rings. The van der Waals surface area contributed by atoms with Crippen LogP contribution in [0.1, 0.15) is 28.7 Å². The fourth-order valence-corrected chi connectivity index (χ4v) is 2.52. The number of aromatic nitrogens is 3. The first-order chi connectivity index (χ1) is 9.83. The summed E-state index contributed by atoms with van der Waals surface area (Å²) < 4.78 is 1.81. The molecule has 0 spiro atoms. The number of hydrogen-bond acceptors (Lipinski definition) is 3. The maximum atomic E-state index is 10.9. The van der Waals surface area contributed by atoms with Gasteiger partial charge in [-0.2, -0.15) is 0 Å². The van der Waals surface area contributed by atoms with Crippen LogP contribution in [0, 0.1) is 0 Å². The van der Waals surface area contributed by atoms with Gasteiger partial charge in [0.2, 0.25) is 0 Å². The molecule has 0 unspecified atom stereocenters. The molecule has 0 aliphatic rings. The van der Waals surface area contributed by atoms with Crippen molar-refractivity contribution in [1.82, 2.24) is 15.0 Å². The SMILES string of the molecule is CCc1c(C=O)nnn1Cc1cccc2ccccc12. The van der Waals surface area contributed by atoms with Crippen molar-refractivity contribution in [2.75, 3.05) is 0 Å². The van der Waals surface area contributed by atoms with Crippen LogP contribution >= 0.6 is 0 Å². The van der Waals surface area contributed by atoms with E-state index in [0.717, 1.165) is 18.4 Å². The zero-order chi connectivity index (χ0) is 13.9. The number of rotatable bonds is 4. The summed E-state index contributed by atoms with van der Waals surface area (Å²) in [5.41, 5.74) is 2.50. The fourth-order valence-electron chi connectivity index (χ4n) is 2.52. The van der Waals surface area contributed by atoms with E-state index < -0.39 is 0 Å². The molecule has 0 N–H and O–H groups in total. The summed E-state index contributed by atoms with van der Waals surface area (Å²) in [5.74, 6) is 0. The Kier molecular flexibility index (Phi) is 3.29. The van der Waals surface area contributed by atoms with Crippen molar-refractivity contribution in [3.05, 3.63) is 59.4 Å². The first-order valence-electron chi connectivity index (χ1n) is 6.67. The van der Waals surface area contributed by atoms with Gasteiger partial charge in [0.05, 0.1) is 12.2 Å². The lowest BCUT2D eigenvalue weighted by Crippen LogP contribution is -2.07. The van der Waals surface area contributed by atoms with Gasteiger partial charge < -0.3 is 0 Å². The number of aldehydes is 1. The van der Waals surface area contributed by atoms with Crippen LogP contribution in [0.2, 0.25) is 0 Å². The molecule has 4 heteroatoms. The molecule has 1 aromatic heterocycles. The minimum absolute atomic E-state index is 0.438. The highest BCUT2D eigenvalue weighted by Gasteiger charge is 2.11. The molecule has 0 saturated carbocycles. The Morgan fingerprint density at radius 2 is 1.95 bits per heavy atom. The maximum absolute atomic E-state index is 10.9. The van der Waals surface area contributed by atoms with Gasteiger partial charge in [-0.3, -0.25) is 4.79 Å². The molecule has 4 nitrogen and oxygen atoms in total. The van der Waals surface area contributed by atoms with E-state index >= 15 is 0 Å². The third kappa shape index (κ3) is 2.09. The standard InChI is InChI=1S/C16H15N3O/c1-2-16-15(11-20)17-18-19(16)10-13-8-5-7-12-6-3-4-9-14(12)13/h3-9,11H,2,10H2,1H3. The quantitative estimate of drug-likeness (QED) is 0.681. The lowest BCUT2D eigenvalue weighted by atomic mass is 10.0. The second-order valence-corrected chi connectivity index (χ2v) is 4.69. The molecule has 100 valence electrons. The van der Waals surface area contributed by atoms with Gasteiger partial charge >= 0.3 is 0 Å². The third-order valence-corrected chi connectivity index (χ3v) is 3.51. The second-order valence-electron chi connectivity index (χ2n) is 4.69. The number of carbonyl (C=O) groups excluding carboxylic acids is 1. The lowest BCUT2D eigenvalue weighted by Gasteiger charge is -2.08. The molecule has 20 heavy (non-hydrogen) atoms. The summed E-state index contributed by atoms with van der Waals surface area (Å²) in [6, 6.07) is 14.5. The molecule has 0 aliphatic carbocycles. The molecule has 3 rings (SSSR count). The number of carbonyl (C=O) groups is 1. The van der Waals surface area contributed by atoms with Crippen molar-refractivity contribution in [2.45, 2.75) is 19.9 Å². The van der Waals surface area contributed by atoms with Crippen molar-refractivity contribution in [3.63, 3.8) is 0 Å². The molecule has 0 atom stereocenters. The topological polar surface area (TPSA) is 47.8 Å². The van der Waals surface area contributed by atoms with E-state index in [4.69, 9.17) is 0 Å². The number of fused-ring (bicyclic) bond motifs is 1. The van der Waals surface area contributed by atoms with E-state index in [9.17, 15) is 4.79 Å². The summed E-state index contributed by atoms with van der Waals surface area (Å²) >= 11 is 0. The van der Waals surface area contributed by atoms with Gasteiger partial charge in [-0.05, 0) is 22.8 Å². The average Bonchev–Trinajstić information content (AvgIpc) is 2.89. The minimum Gasteiger partial charge on any atom is -0.296 e. The fraction of sp³-hybridized carbons (Fsp3) is 0.188. The van der Waals surface area contributed by atoms with Crippen LogP contribution in [-0.2, 0) is 13.0 Å². The van der Waals surface area contributed by atoms with Gasteiger partial charge in [-0.15, -0.1) is 5.10 Å². The lowest BCUT2D eigenvalue weighted by molar-refractivity contribution is 0.111. The summed E-state index contributed by atoms with van der Waals surface area (Å²) in [5, 5.41) is 10.4. The van der Waals surface area contributed by atoms with Crippen LogP contribution in [0.3, 0.4) is 0 Å². The highest BCUT2D eigenvalue weighted by Crippen LogP contribution is 2.20. The molecule has 2 aromatic carbocycles. The van der Waals surface area contributed by atoms with Gasteiger partial charge in [0.1, 0.15) is 5.69 Å². The highest BCUT2D eigenvalue weighted by atomic mass is 16.1. The first kappa shape index (κ1) is 12.5. The van der Waals surface area contributed by atoms with E-state index in [2.05, 4.69) is 34.6 Å². The molecule has 0 amide bonds. The Morgan fingerprint density at radius 1 is 1.15 bits per heavy atom. The van der Waals surface area contributed by atoms with Gasteiger partial charge in [0, 0.05) is 0 Å². The van der Waals surface area contributed by atoms with Gasteiger partial charge in [-0.1, -0.05) is 54.6 Å². The predicted molar refractivity (Wildman–Crippen MR) is 77.8 cm³/mol. The Labute approximate surface area is 117 Å². The first-order valence-corrected chi connectivity index (χ1v) is 6.67. The van der Waals surface area contributed by atoms with Gasteiger partial charge in [0.25, 0.3) is 0 Å². The van der Waals surface area contributed by atoms with Gasteiger partial charge in [-0.25, -0.2) is 4.68 Å². The molecule has 0 radical (unpaired) electrons. The maximum Gasteiger partial charge on any atom is 0.172 e. The Balaban J connectivity index is 2.05. The van der Waals surface area contributed by atoms with E-state index in [-0.39, 0.29) is 0 Å². The van der Waals surface area contributed by atoms with E-state index in [1.54, 1.807) is 0 Å². The van der Waals surface area contributed by atoms with Crippen molar-refractivity contribution in [3.8, 4) is 0 Å². The molecular formula is C16H15N3O. The number of benzene rings is 2. The molecule has 3 aromatic rings. The van der Waals surface area contributed by atoms with Crippen LogP contribution in [0.5, 0.6) is 0 Å². The zero-order valence-corrected chi connectivity index (χ0v) is 11.3. The van der Waals surface area contributed by atoms with Crippen molar-refractivity contribution in [1.29, 1.82) is 0 Å². The van der Waals surface area contributed by atoms with Crippen molar-refractivity contribution >= 4 is 17.1 Å². The molecule has 0 aliphatic heterocycles. The van der Waals surface area contributed by atoms with Gasteiger partial charge in [0.15, 0.2) is 6.29 Å². The smallest absolute Gasteiger partial charge is 0.172 e. The molecule has 0 saturated heterocycles. The van der Waals surface area contributed by atoms with Crippen LogP contribution in [0.25, 0.3) is 10.8 Å². The zero-order valence-electron chi connectivity index (χ0n) is 11.3. The third-order valence-electron chi connectivity index (χ3n) is 3.51. The highest BCUT2D eigenvalue weighted by molar-refractivity contribution is 5.85. The van der Waals surface area contributed by atoms with Crippen LogP contribution < -0.4 is 0 Å². The largest absolute Gasteiger partial charge is 0.296 e. The summed E-state index contributed by atoms with van der Waals surface area (Å²) in [6.07, 6.45) is 1.51. The van der Waals surface area contributed by atoms with Crippen LogP contribution in [0.4, 0.5) is 0 Å².